The summed E-state index contributed by atoms with van der Waals surface area (Å²) in [7, 11) is 1.61. The molecule has 1 aliphatic heterocycles. The van der Waals surface area contributed by atoms with E-state index in [1.54, 1.807) is 7.11 Å². The van der Waals surface area contributed by atoms with Crippen molar-refractivity contribution in [3.63, 3.8) is 0 Å². The molecule has 0 bridgehead atoms. The Kier molecular flexibility index (Phi) is 7.47. The standard InChI is InChI=1S/C25H29N5O3/c1-33-21-9-5-8-20(16-21)17-23-26-25(32)22(27-28-23)10-11-24(31)30-14-12-29(13-15-30)18-19-6-3-2-4-7-19/h2-9,16H,10-15,17-18H2,1H3,(H,26,28,32). The number of H-pyrrole nitrogens is 1. The van der Waals surface area contributed by atoms with E-state index in [0.717, 1.165) is 30.9 Å². The van der Waals surface area contributed by atoms with Gasteiger partial charge in [-0.1, -0.05) is 42.5 Å². The van der Waals surface area contributed by atoms with Crippen LogP contribution >= 0.6 is 0 Å². The SMILES string of the molecule is COc1cccc(Cc2nnc(CCC(=O)N3CCN(Cc4ccccc4)CC3)c(=O)[nH]2)c1. The molecule has 8 heteroatoms. The summed E-state index contributed by atoms with van der Waals surface area (Å²) in [6, 6.07) is 17.9. The third-order valence-electron chi connectivity index (χ3n) is 5.87. The predicted molar refractivity (Wildman–Crippen MR) is 125 cm³/mol. The molecule has 1 saturated heterocycles. The average Bonchev–Trinajstić information content (AvgIpc) is 2.84. The van der Waals surface area contributed by atoms with Crippen molar-refractivity contribution in [2.45, 2.75) is 25.8 Å². The fourth-order valence-corrected chi connectivity index (χ4v) is 3.99. The maximum absolute atomic E-state index is 12.7. The van der Waals surface area contributed by atoms with E-state index >= 15 is 0 Å². The molecule has 3 aromatic rings. The van der Waals surface area contributed by atoms with Crippen LogP contribution in [0, 0.1) is 0 Å². The number of aromatic nitrogens is 3. The Labute approximate surface area is 193 Å². The molecule has 0 spiro atoms. The molecule has 33 heavy (non-hydrogen) atoms. The quantitative estimate of drug-likeness (QED) is 0.568. The number of methoxy groups -OCH3 is 1. The number of nitrogens with zero attached hydrogens (tertiary/aromatic N) is 4. The monoisotopic (exact) mass is 447 g/mol. The number of aryl methyl sites for hydroxylation is 1. The van der Waals surface area contributed by atoms with Crippen molar-refractivity contribution in [3.05, 3.63) is 87.6 Å². The van der Waals surface area contributed by atoms with Gasteiger partial charge in [0.2, 0.25) is 5.91 Å². The van der Waals surface area contributed by atoms with Gasteiger partial charge in [-0.2, -0.15) is 0 Å². The van der Waals surface area contributed by atoms with Crippen molar-refractivity contribution < 1.29 is 9.53 Å². The first-order valence-corrected chi connectivity index (χ1v) is 11.2. The van der Waals surface area contributed by atoms with Gasteiger partial charge in [-0.25, -0.2) is 0 Å². The van der Waals surface area contributed by atoms with Gasteiger partial charge in [-0.05, 0) is 23.3 Å². The van der Waals surface area contributed by atoms with Crippen LogP contribution in [0.15, 0.2) is 59.4 Å². The molecule has 1 aromatic heterocycles. The minimum absolute atomic E-state index is 0.0519. The number of ether oxygens (including phenoxy) is 1. The summed E-state index contributed by atoms with van der Waals surface area (Å²) in [5, 5.41) is 8.24. The molecule has 0 unspecified atom stereocenters. The van der Waals surface area contributed by atoms with Crippen LogP contribution in [0.1, 0.15) is 29.1 Å². The number of carbonyl (C=O) groups excluding carboxylic acids is 1. The Morgan fingerprint density at radius 1 is 1.00 bits per heavy atom. The number of amides is 1. The molecule has 4 rings (SSSR count). The van der Waals surface area contributed by atoms with Crippen molar-refractivity contribution in [2.24, 2.45) is 0 Å². The molecule has 0 saturated carbocycles. The van der Waals surface area contributed by atoms with Crippen molar-refractivity contribution in [3.8, 4) is 5.75 Å². The number of nitrogens with one attached hydrogen (secondary N) is 1. The van der Waals surface area contributed by atoms with Crippen LogP contribution < -0.4 is 10.3 Å². The second-order valence-electron chi connectivity index (χ2n) is 8.22. The third-order valence-corrected chi connectivity index (χ3v) is 5.87. The van der Waals surface area contributed by atoms with Crippen LogP contribution in [0.5, 0.6) is 5.75 Å². The molecule has 1 aliphatic rings. The van der Waals surface area contributed by atoms with Gasteiger partial charge in [0.15, 0.2) is 0 Å². The largest absolute Gasteiger partial charge is 0.497 e. The van der Waals surface area contributed by atoms with Gasteiger partial charge in [-0.3, -0.25) is 14.5 Å². The lowest BCUT2D eigenvalue weighted by Gasteiger charge is -2.34. The van der Waals surface area contributed by atoms with Crippen LogP contribution in [-0.4, -0.2) is 64.2 Å². The molecule has 0 aliphatic carbocycles. The summed E-state index contributed by atoms with van der Waals surface area (Å²) in [6.07, 6.45) is 0.989. The number of rotatable bonds is 8. The molecular weight excluding hydrogens is 418 g/mol. The molecular formula is C25H29N5O3. The van der Waals surface area contributed by atoms with E-state index in [2.05, 4.69) is 32.2 Å². The summed E-state index contributed by atoms with van der Waals surface area (Å²) in [5.41, 5.74) is 2.25. The Morgan fingerprint density at radius 3 is 2.48 bits per heavy atom. The molecule has 172 valence electrons. The van der Waals surface area contributed by atoms with Crippen LogP contribution in [0.4, 0.5) is 0 Å². The van der Waals surface area contributed by atoms with Crippen LogP contribution in [0.3, 0.4) is 0 Å². The van der Waals surface area contributed by atoms with Crippen LogP contribution in [-0.2, 0) is 24.2 Å². The predicted octanol–water partition coefficient (Wildman–Crippen LogP) is 2.04. The van der Waals surface area contributed by atoms with E-state index in [-0.39, 0.29) is 24.3 Å². The number of hydrogen-bond donors (Lipinski definition) is 1. The van der Waals surface area contributed by atoms with E-state index in [1.807, 2.05) is 47.4 Å². The second-order valence-corrected chi connectivity index (χ2v) is 8.22. The molecule has 0 radical (unpaired) electrons. The number of aromatic amines is 1. The van der Waals surface area contributed by atoms with Gasteiger partial charge >= 0.3 is 0 Å². The molecule has 1 N–H and O–H groups in total. The minimum atomic E-state index is -0.289. The lowest BCUT2D eigenvalue weighted by molar-refractivity contribution is -0.133. The highest BCUT2D eigenvalue weighted by atomic mass is 16.5. The highest BCUT2D eigenvalue weighted by Gasteiger charge is 2.21. The number of carbonyl (C=O) groups is 1. The maximum atomic E-state index is 12.7. The zero-order chi connectivity index (χ0) is 23.0. The van der Waals surface area contributed by atoms with Gasteiger partial charge in [0.05, 0.1) is 7.11 Å². The Balaban J connectivity index is 1.26. The maximum Gasteiger partial charge on any atom is 0.272 e. The third kappa shape index (κ3) is 6.26. The van der Waals surface area contributed by atoms with Crippen molar-refractivity contribution in [1.29, 1.82) is 0 Å². The minimum Gasteiger partial charge on any atom is -0.497 e. The summed E-state index contributed by atoms with van der Waals surface area (Å²) >= 11 is 0. The summed E-state index contributed by atoms with van der Waals surface area (Å²) in [5.74, 6) is 1.28. The number of benzene rings is 2. The lowest BCUT2D eigenvalue weighted by atomic mass is 10.1. The zero-order valence-electron chi connectivity index (χ0n) is 18.9. The van der Waals surface area contributed by atoms with Gasteiger partial charge in [-0.15, -0.1) is 10.2 Å². The van der Waals surface area contributed by atoms with Gasteiger partial charge < -0.3 is 14.6 Å². The highest BCUT2D eigenvalue weighted by molar-refractivity contribution is 5.76. The zero-order valence-corrected chi connectivity index (χ0v) is 18.9. The normalized spacial score (nSPS) is 14.3. The fraction of sp³-hybridized carbons (Fsp3) is 0.360. The van der Waals surface area contributed by atoms with Crippen LogP contribution in [0.2, 0.25) is 0 Å². The summed E-state index contributed by atoms with van der Waals surface area (Å²) < 4.78 is 5.23. The van der Waals surface area contributed by atoms with E-state index in [4.69, 9.17) is 4.74 Å². The fourth-order valence-electron chi connectivity index (χ4n) is 3.99. The van der Waals surface area contributed by atoms with Crippen molar-refractivity contribution in [2.75, 3.05) is 33.3 Å². The molecule has 1 amide bonds. The first-order chi connectivity index (χ1) is 16.1. The Bertz CT molecular complexity index is 1120. The van der Waals surface area contributed by atoms with Crippen molar-refractivity contribution >= 4 is 5.91 Å². The van der Waals surface area contributed by atoms with Gasteiger partial charge in [0, 0.05) is 52.0 Å². The van der Waals surface area contributed by atoms with Gasteiger partial charge in [0.1, 0.15) is 17.3 Å². The van der Waals surface area contributed by atoms with E-state index in [9.17, 15) is 9.59 Å². The highest BCUT2D eigenvalue weighted by Crippen LogP contribution is 2.14. The first-order valence-electron chi connectivity index (χ1n) is 11.2. The number of piperazine rings is 1. The van der Waals surface area contributed by atoms with Crippen LogP contribution in [0.25, 0.3) is 0 Å². The summed E-state index contributed by atoms with van der Waals surface area (Å²) in [6.45, 7) is 4.00. The number of hydrogen-bond acceptors (Lipinski definition) is 6. The van der Waals surface area contributed by atoms with E-state index < -0.39 is 0 Å². The Morgan fingerprint density at radius 2 is 1.76 bits per heavy atom. The van der Waals surface area contributed by atoms with Gasteiger partial charge in [0.25, 0.3) is 5.56 Å². The summed E-state index contributed by atoms with van der Waals surface area (Å²) in [4.78, 5) is 32.1. The molecule has 2 aromatic carbocycles. The molecule has 2 heterocycles. The second kappa shape index (κ2) is 10.9. The average molecular weight is 448 g/mol. The van der Waals surface area contributed by atoms with Crippen molar-refractivity contribution in [1.82, 2.24) is 25.0 Å². The Hall–Kier alpha value is -3.52. The molecule has 0 atom stereocenters. The first kappa shape index (κ1) is 22.7. The van der Waals surface area contributed by atoms with E-state index in [1.165, 1.54) is 5.56 Å². The topological polar surface area (TPSA) is 91.4 Å². The lowest BCUT2D eigenvalue weighted by Crippen LogP contribution is -2.48. The smallest absolute Gasteiger partial charge is 0.272 e. The molecule has 8 nitrogen and oxygen atoms in total. The van der Waals surface area contributed by atoms with E-state index in [0.29, 0.717) is 31.0 Å². The molecule has 1 fully saturated rings.